The molecule has 0 aliphatic heterocycles. The van der Waals surface area contributed by atoms with Crippen LogP contribution >= 0.6 is 0 Å². The summed E-state index contributed by atoms with van der Waals surface area (Å²) in [5, 5.41) is 0. The monoisotopic (exact) mass is 230 g/mol. The summed E-state index contributed by atoms with van der Waals surface area (Å²) in [7, 11) is 0. The van der Waals surface area contributed by atoms with Crippen molar-refractivity contribution >= 4 is 5.78 Å². The van der Waals surface area contributed by atoms with E-state index in [0.717, 1.165) is 18.8 Å². The summed E-state index contributed by atoms with van der Waals surface area (Å²) < 4.78 is 0. The number of ketones is 1. The van der Waals surface area contributed by atoms with Gasteiger partial charge in [-0.15, -0.1) is 0 Å². The van der Waals surface area contributed by atoms with Gasteiger partial charge in [0.15, 0.2) is 0 Å². The zero-order chi connectivity index (χ0) is 12.1. The largest absolute Gasteiger partial charge is 0.300 e. The van der Waals surface area contributed by atoms with Gasteiger partial charge in [-0.05, 0) is 19.3 Å². The van der Waals surface area contributed by atoms with Crippen LogP contribution in [0.3, 0.4) is 0 Å². The summed E-state index contributed by atoms with van der Waals surface area (Å²) >= 11 is 0. The average Bonchev–Trinajstić information content (AvgIpc) is 2.33. The molecule has 1 heteroatoms. The molecule has 1 rings (SSSR count). The Labute approximate surface area is 104 Å². The minimum absolute atomic E-state index is 0. The van der Waals surface area contributed by atoms with Gasteiger partial charge in [0.2, 0.25) is 0 Å². The third-order valence-corrected chi connectivity index (χ3v) is 2.63. The second kappa shape index (κ2) is 17.1. The first kappa shape index (κ1) is 21.0. The highest BCUT2D eigenvalue weighted by Gasteiger charge is 2.13. The lowest BCUT2D eigenvalue weighted by Gasteiger charge is -2.20. The van der Waals surface area contributed by atoms with Crippen LogP contribution in [0, 0.1) is 5.92 Å². The molecule has 16 heavy (non-hydrogen) atoms. The number of Topliss-reactive ketones (excluding diaryl/α,β-unsaturated/α-hetero) is 1. The standard InChI is InChI=1S/C10H18O.2C2H6.CH4/c1-9(11)7-8-10-5-3-2-4-6-10;2*1-2;/h10H,2-8H2,1H3;2*1-2H3;1H4. The fourth-order valence-electron chi connectivity index (χ4n) is 1.88. The molecule has 0 bridgehead atoms. The van der Waals surface area contributed by atoms with Gasteiger partial charge in [0, 0.05) is 6.42 Å². The topological polar surface area (TPSA) is 17.1 Å². The predicted octanol–water partition coefficient (Wildman–Crippen LogP) is 5.62. The molecule has 0 aromatic rings. The van der Waals surface area contributed by atoms with Crippen molar-refractivity contribution in [1.29, 1.82) is 0 Å². The fourth-order valence-corrected chi connectivity index (χ4v) is 1.88. The Morgan fingerprint density at radius 1 is 1.00 bits per heavy atom. The van der Waals surface area contributed by atoms with Crippen molar-refractivity contribution < 1.29 is 4.79 Å². The van der Waals surface area contributed by atoms with Crippen molar-refractivity contribution in [3.8, 4) is 0 Å². The highest BCUT2D eigenvalue weighted by atomic mass is 16.1. The molecule has 0 atom stereocenters. The van der Waals surface area contributed by atoms with Crippen LogP contribution in [0.4, 0.5) is 0 Å². The molecule has 100 valence electrons. The van der Waals surface area contributed by atoms with E-state index < -0.39 is 0 Å². The number of rotatable bonds is 3. The average molecular weight is 230 g/mol. The summed E-state index contributed by atoms with van der Waals surface area (Å²) in [4.78, 5) is 10.7. The molecule has 1 fully saturated rings. The zero-order valence-corrected chi connectivity index (χ0v) is 11.4. The molecule has 0 radical (unpaired) electrons. The molecule has 0 N–H and O–H groups in total. The maximum Gasteiger partial charge on any atom is 0.129 e. The molecular formula is C15H34O. The maximum atomic E-state index is 10.7. The second-order valence-electron chi connectivity index (χ2n) is 3.74. The van der Waals surface area contributed by atoms with Gasteiger partial charge in [-0.2, -0.15) is 0 Å². The minimum atomic E-state index is 0. The SMILES string of the molecule is C.CC.CC.CC(=O)CCC1CCCCC1. The fraction of sp³-hybridized carbons (Fsp3) is 0.933. The van der Waals surface area contributed by atoms with Crippen LogP contribution in [0.5, 0.6) is 0 Å². The first-order valence-electron chi connectivity index (χ1n) is 6.78. The Bertz CT molecular complexity index is 123. The Kier molecular flexibility index (Phi) is 22.4. The van der Waals surface area contributed by atoms with Gasteiger partial charge in [0.05, 0.1) is 0 Å². The molecule has 1 nitrogen and oxygen atoms in total. The molecule has 1 aliphatic rings. The lowest BCUT2D eigenvalue weighted by Crippen LogP contribution is -2.07. The molecule has 0 heterocycles. The van der Waals surface area contributed by atoms with Crippen molar-refractivity contribution in [2.45, 2.75) is 87.0 Å². The predicted molar refractivity (Wildman–Crippen MR) is 75.9 cm³/mol. The summed E-state index contributed by atoms with van der Waals surface area (Å²) in [5.74, 6) is 1.23. The van der Waals surface area contributed by atoms with E-state index in [9.17, 15) is 4.79 Å². The van der Waals surface area contributed by atoms with Crippen LogP contribution in [0.1, 0.15) is 87.0 Å². The van der Waals surface area contributed by atoms with Crippen LogP contribution < -0.4 is 0 Å². The van der Waals surface area contributed by atoms with Gasteiger partial charge in [-0.3, -0.25) is 0 Å². The molecule has 0 saturated heterocycles. The molecule has 0 aromatic heterocycles. The van der Waals surface area contributed by atoms with E-state index in [1.54, 1.807) is 6.92 Å². The lowest BCUT2D eigenvalue weighted by molar-refractivity contribution is -0.117. The molecule has 0 amide bonds. The summed E-state index contributed by atoms with van der Waals surface area (Å²) in [6.07, 6.45) is 8.89. The van der Waals surface area contributed by atoms with Crippen LogP contribution in [0.25, 0.3) is 0 Å². The van der Waals surface area contributed by atoms with E-state index in [1.165, 1.54) is 32.1 Å². The number of carbonyl (C=O) groups is 1. The van der Waals surface area contributed by atoms with E-state index in [1.807, 2.05) is 27.7 Å². The van der Waals surface area contributed by atoms with Gasteiger partial charge in [-0.25, -0.2) is 0 Å². The Morgan fingerprint density at radius 3 is 1.81 bits per heavy atom. The van der Waals surface area contributed by atoms with E-state index in [0.29, 0.717) is 5.78 Å². The second-order valence-corrected chi connectivity index (χ2v) is 3.74. The summed E-state index contributed by atoms with van der Waals surface area (Å²) in [5.41, 5.74) is 0. The Balaban J connectivity index is -0.000000305. The van der Waals surface area contributed by atoms with Gasteiger partial charge in [0.1, 0.15) is 5.78 Å². The summed E-state index contributed by atoms with van der Waals surface area (Å²) in [6, 6.07) is 0. The van der Waals surface area contributed by atoms with Crippen molar-refractivity contribution in [2.75, 3.05) is 0 Å². The Hall–Kier alpha value is -0.330. The van der Waals surface area contributed by atoms with Crippen molar-refractivity contribution in [1.82, 2.24) is 0 Å². The van der Waals surface area contributed by atoms with Gasteiger partial charge < -0.3 is 4.79 Å². The molecule has 1 aliphatic carbocycles. The van der Waals surface area contributed by atoms with E-state index in [-0.39, 0.29) is 7.43 Å². The van der Waals surface area contributed by atoms with Crippen LogP contribution in [-0.4, -0.2) is 5.78 Å². The van der Waals surface area contributed by atoms with Crippen molar-refractivity contribution in [3.05, 3.63) is 0 Å². The molecule has 0 aromatic carbocycles. The quantitative estimate of drug-likeness (QED) is 0.614. The maximum absolute atomic E-state index is 10.7. The first-order valence-corrected chi connectivity index (χ1v) is 6.78. The Morgan fingerprint density at radius 2 is 1.44 bits per heavy atom. The van der Waals surface area contributed by atoms with E-state index >= 15 is 0 Å². The van der Waals surface area contributed by atoms with Crippen molar-refractivity contribution in [3.63, 3.8) is 0 Å². The third kappa shape index (κ3) is 13.7. The van der Waals surface area contributed by atoms with Gasteiger partial charge >= 0.3 is 0 Å². The highest BCUT2D eigenvalue weighted by Crippen LogP contribution is 2.27. The van der Waals surface area contributed by atoms with Crippen LogP contribution in [0.15, 0.2) is 0 Å². The van der Waals surface area contributed by atoms with E-state index in [4.69, 9.17) is 0 Å². The molecule has 0 unspecified atom stereocenters. The first-order chi connectivity index (χ1) is 7.29. The minimum Gasteiger partial charge on any atom is -0.300 e. The van der Waals surface area contributed by atoms with Crippen LogP contribution in [0.2, 0.25) is 0 Å². The lowest BCUT2D eigenvalue weighted by atomic mass is 9.86. The molecule has 1 saturated carbocycles. The normalized spacial score (nSPS) is 14.6. The van der Waals surface area contributed by atoms with Gasteiger partial charge in [0.25, 0.3) is 0 Å². The smallest absolute Gasteiger partial charge is 0.129 e. The van der Waals surface area contributed by atoms with Gasteiger partial charge in [-0.1, -0.05) is 67.2 Å². The van der Waals surface area contributed by atoms with E-state index in [2.05, 4.69) is 0 Å². The van der Waals surface area contributed by atoms with Crippen molar-refractivity contribution in [2.24, 2.45) is 5.92 Å². The molecule has 0 spiro atoms. The number of hydrogen-bond donors (Lipinski definition) is 0. The zero-order valence-electron chi connectivity index (χ0n) is 11.4. The number of hydrogen-bond acceptors (Lipinski definition) is 1. The summed E-state index contributed by atoms with van der Waals surface area (Å²) in [6.45, 7) is 9.70. The number of carbonyl (C=O) groups excluding carboxylic acids is 1. The third-order valence-electron chi connectivity index (χ3n) is 2.63. The highest BCUT2D eigenvalue weighted by molar-refractivity contribution is 5.75. The molecular weight excluding hydrogens is 196 g/mol. The van der Waals surface area contributed by atoms with Crippen LogP contribution in [-0.2, 0) is 4.79 Å².